The fourth-order valence-electron chi connectivity index (χ4n) is 2.05. The molecular weight excluding hydrogens is 262 g/mol. The molecule has 5 nitrogen and oxygen atoms in total. The Kier molecular flexibility index (Phi) is 5.72. The minimum absolute atomic E-state index is 0.0841. The van der Waals surface area contributed by atoms with Crippen LogP contribution in [0.4, 0.5) is 0 Å². The SMILES string of the molecule is CCC(CC)(C(=O)NCCNC(=O)C1CC1)C(N)=S. The first kappa shape index (κ1) is 15.9. The molecule has 1 aliphatic carbocycles. The highest BCUT2D eigenvalue weighted by Crippen LogP contribution is 2.28. The lowest BCUT2D eigenvalue weighted by Crippen LogP contribution is -2.49. The van der Waals surface area contributed by atoms with Crippen molar-refractivity contribution in [1.82, 2.24) is 10.6 Å². The predicted octanol–water partition coefficient (Wildman–Crippen LogP) is 0.721. The van der Waals surface area contributed by atoms with Gasteiger partial charge in [0.05, 0.1) is 10.4 Å². The second kappa shape index (κ2) is 6.84. The molecule has 0 aromatic rings. The van der Waals surface area contributed by atoms with Gasteiger partial charge < -0.3 is 16.4 Å². The van der Waals surface area contributed by atoms with E-state index in [9.17, 15) is 9.59 Å². The summed E-state index contributed by atoms with van der Waals surface area (Å²) >= 11 is 5.01. The summed E-state index contributed by atoms with van der Waals surface area (Å²) in [6.07, 6.45) is 3.13. The average Bonchev–Trinajstić information content (AvgIpc) is 3.20. The van der Waals surface area contributed by atoms with E-state index < -0.39 is 5.41 Å². The molecule has 4 N–H and O–H groups in total. The number of rotatable bonds is 8. The van der Waals surface area contributed by atoms with Gasteiger partial charge in [0, 0.05) is 19.0 Å². The van der Waals surface area contributed by atoms with Crippen LogP contribution in [0.15, 0.2) is 0 Å². The van der Waals surface area contributed by atoms with Crippen molar-refractivity contribution in [2.45, 2.75) is 39.5 Å². The van der Waals surface area contributed by atoms with Crippen molar-refractivity contribution in [1.29, 1.82) is 0 Å². The van der Waals surface area contributed by atoms with Crippen LogP contribution in [0.5, 0.6) is 0 Å². The van der Waals surface area contributed by atoms with Crippen molar-refractivity contribution in [3.05, 3.63) is 0 Å². The number of carbonyl (C=O) groups is 2. The lowest BCUT2D eigenvalue weighted by molar-refractivity contribution is -0.128. The van der Waals surface area contributed by atoms with Gasteiger partial charge >= 0.3 is 0 Å². The Morgan fingerprint density at radius 3 is 2.16 bits per heavy atom. The van der Waals surface area contributed by atoms with Gasteiger partial charge in [-0.3, -0.25) is 9.59 Å². The van der Waals surface area contributed by atoms with E-state index in [1.807, 2.05) is 13.8 Å². The molecule has 0 saturated heterocycles. The largest absolute Gasteiger partial charge is 0.392 e. The standard InChI is InChI=1S/C13H23N3O2S/c1-3-13(4-2,11(14)19)12(18)16-8-7-15-10(17)9-5-6-9/h9H,3-8H2,1-2H3,(H2,14,19)(H,15,17)(H,16,18). The van der Waals surface area contributed by atoms with Gasteiger partial charge in [-0.15, -0.1) is 0 Å². The molecule has 0 aromatic carbocycles. The second-order valence-electron chi connectivity index (χ2n) is 4.97. The minimum atomic E-state index is -0.768. The topological polar surface area (TPSA) is 84.2 Å². The van der Waals surface area contributed by atoms with Crippen LogP contribution < -0.4 is 16.4 Å². The molecule has 0 bridgehead atoms. The molecule has 2 amide bonds. The molecule has 0 atom stereocenters. The first-order chi connectivity index (χ1) is 8.97. The summed E-state index contributed by atoms with van der Waals surface area (Å²) in [6, 6.07) is 0. The van der Waals surface area contributed by atoms with Crippen LogP contribution in [0.2, 0.25) is 0 Å². The first-order valence-electron chi connectivity index (χ1n) is 6.83. The normalized spacial score (nSPS) is 14.8. The third-order valence-electron chi connectivity index (χ3n) is 3.77. The fourth-order valence-corrected chi connectivity index (χ4v) is 2.43. The quantitative estimate of drug-likeness (QED) is 0.453. The van der Waals surface area contributed by atoms with Crippen molar-refractivity contribution in [3.63, 3.8) is 0 Å². The van der Waals surface area contributed by atoms with Crippen LogP contribution in [-0.2, 0) is 9.59 Å². The summed E-state index contributed by atoms with van der Waals surface area (Å²) in [7, 11) is 0. The molecule has 1 rings (SSSR count). The summed E-state index contributed by atoms with van der Waals surface area (Å²) in [5, 5.41) is 5.60. The van der Waals surface area contributed by atoms with Gasteiger partial charge in [-0.05, 0) is 25.7 Å². The van der Waals surface area contributed by atoms with Crippen LogP contribution in [0.25, 0.3) is 0 Å². The Bertz CT molecular complexity index is 363. The zero-order valence-electron chi connectivity index (χ0n) is 11.6. The Morgan fingerprint density at radius 2 is 1.74 bits per heavy atom. The molecule has 6 heteroatoms. The van der Waals surface area contributed by atoms with Crippen LogP contribution in [-0.4, -0.2) is 29.9 Å². The van der Waals surface area contributed by atoms with E-state index in [0.29, 0.717) is 25.9 Å². The van der Waals surface area contributed by atoms with Crippen LogP contribution in [0, 0.1) is 11.3 Å². The van der Waals surface area contributed by atoms with Crippen molar-refractivity contribution in [3.8, 4) is 0 Å². The van der Waals surface area contributed by atoms with Gasteiger partial charge in [-0.2, -0.15) is 0 Å². The van der Waals surface area contributed by atoms with Gasteiger partial charge in [0.25, 0.3) is 0 Å². The summed E-state index contributed by atoms with van der Waals surface area (Å²) in [6.45, 7) is 4.65. The van der Waals surface area contributed by atoms with Gasteiger partial charge in [0.1, 0.15) is 0 Å². The number of hydrogen-bond acceptors (Lipinski definition) is 3. The van der Waals surface area contributed by atoms with E-state index in [2.05, 4.69) is 10.6 Å². The summed E-state index contributed by atoms with van der Waals surface area (Å²) < 4.78 is 0. The molecule has 19 heavy (non-hydrogen) atoms. The summed E-state index contributed by atoms with van der Waals surface area (Å²) in [5.74, 6) is 0.129. The number of nitrogens with two attached hydrogens (primary N) is 1. The highest BCUT2D eigenvalue weighted by Gasteiger charge is 2.37. The zero-order chi connectivity index (χ0) is 14.5. The molecule has 108 valence electrons. The monoisotopic (exact) mass is 285 g/mol. The number of hydrogen-bond donors (Lipinski definition) is 3. The molecule has 1 saturated carbocycles. The molecule has 0 spiro atoms. The maximum absolute atomic E-state index is 12.2. The van der Waals surface area contributed by atoms with E-state index in [1.165, 1.54) is 0 Å². The molecule has 0 aromatic heterocycles. The average molecular weight is 285 g/mol. The molecule has 1 aliphatic rings. The maximum Gasteiger partial charge on any atom is 0.233 e. The van der Waals surface area contributed by atoms with Crippen LogP contribution >= 0.6 is 12.2 Å². The zero-order valence-corrected chi connectivity index (χ0v) is 12.4. The van der Waals surface area contributed by atoms with Crippen molar-refractivity contribution in [2.24, 2.45) is 17.1 Å². The van der Waals surface area contributed by atoms with Crippen LogP contribution in [0.1, 0.15) is 39.5 Å². The maximum atomic E-state index is 12.2. The third-order valence-corrected chi connectivity index (χ3v) is 4.16. The van der Waals surface area contributed by atoms with E-state index in [1.54, 1.807) is 0 Å². The highest BCUT2D eigenvalue weighted by atomic mass is 32.1. The van der Waals surface area contributed by atoms with Crippen molar-refractivity contribution >= 4 is 29.0 Å². The number of amides is 2. The van der Waals surface area contributed by atoms with E-state index in [0.717, 1.165) is 12.8 Å². The number of thiocarbonyl (C=S) groups is 1. The van der Waals surface area contributed by atoms with Gasteiger partial charge in [-0.1, -0.05) is 26.1 Å². The third kappa shape index (κ3) is 3.89. The Morgan fingerprint density at radius 1 is 1.21 bits per heavy atom. The number of nitrogens with one attached hydrogen (secondary N) is 2. The molecule has 0 radical (unpaired) electrons. The molecule has 0 aliphatic heterocycles. The van der Waals surface area contributed by atoms with Gasteiger partial charge in [0.15, 0.2) is 0 Å². The van der Waals surface area contributed by atoms with E-state index in [-0.39, 0.29) is 22.7 Å². The molecular formula is C13H23N3O2S. The van der Waals surface area contributed by atoms with Crippen LogP contribution in [0.3, 0.4) is 0 Å². The van der Waals surface area contributed by atoms with E-state index in [4.69, 9.17) is 18.0 Å². The molecule has 0 heterocycles. The van der Waals surface area contributed by atoms with E-state index >= 15 is 0 Å². The Labute approximate surface area is 119 Å². The second-order valence-corrected chi connectivity index (χ2v) is 5.41. The number of carbonyl (C=O) groups excluding carboxylic acids is 2. The summed E-state index contributed by atoms with van der Waals surface area (Å²) in [4.78, 5) is 23.8. The Balaban J connectivity index is 2.35. The minimum Gasteiger partial charge on any atom is -0.392 e. The molecule has 1 fully saturated rings. The smallest absolute Gasteiger partial charge is 0.233 e. The molecule has 0 unspecified atom stereocenters. The Hall–Kier alpha value is -1.17. The lowest BCUT2D eigenvalue weighted by atomic mass is 9.81. The lowest BCUT2D eigenvalue weighted by Gasteiger charge is -2.28. The first-order valence-corrected chi connectivity index (χ1v) is 7.24. The van der Waals surface area contributed by atoms with Gasteiger partial charge in [-0.25, -0.2) is 0 Å². The predicted molar refractivity (Wildman–Crippen MR) is 78.5 cm³/mol. The van der Waals surface area contributed by atoms with Crippen molar-refractivity contribution < 1.29 is 9.59 Å². The summed E-state index contributed by atoms with van der Waals surface area (Å²) in [5.41, 5.74) is 4.93. The fraction of sp³-hybridized carbons (Fsp3) is 0.769. The van der Waals surface area contributed by atoms with Crippen molar-refractivity contribution in [2.75, 3.05) is 13.1 Å². The highest BCUT2D eigenvalue weighted by molar-refractivity contribution is 7.80. The van der Waals surface area contributed by atoms with Gasteiger partial charge in [0.2, 0.25) is 11.8 Å².